The van der Waals surface area contributed by atoms with Crippen LogP contribution in [0.4, 0.5) is 0 Å². The van der Waals surface area contributed by atoms with E-state index in [4.69, 9.17) is 4.74 Å². The Hall–Kier alpha value is -1.17. The fourth-order valence-corrected chi connectivity index (χ4v) is 1.97. The van der Waals surface area contributed by atoms with Crippen molar-refractivity contribution in [3.05, 3.63) is 45.0 Å². The lowest BCUT2D eigenvalue weighted by Crippen LogP contribution is -2.16. The molecule has 3 nitrogen and oxygen atoms in total. The Kier molecular flexibility index (Phi) is 5.34. The van der Waals surface area contributed by atoms with Crippen LogP contribution in [-0.2, 0) is 9.53 Å². The Morgan fingerprint density at radius 1 is 1.35 bits per heavy atom. The Morgan fingerprint density at radius 2 is 2.00 bits per heavy atom. The molecule has 0 fully saturated rings. The van der Waals surface area contributed by atoms with Crippen LogP contribution < -0.4 is 0 Å². The lowest BCUT2D eigenvalue weighted by atomic mass is 10.0. The molecule has 17 heavy (non-hydrogen) atoms. The van der Waals surface area contributed by atoms with Crippen LogP contribution in [0.5, 0.6) is 0 Å². The van der Waals surface area contributed by atoms with Gasteiger partial charge in [0.2, 0.25) is 5.78 Å². The minimum atomic E-state index is -0.570. The van der Waals surface area contributed by atoms with Crippen LogP contribution in [0.15, 0.2) is 35.9 Å². The third kappa shape index (κ3) is 3.39. The lowest BCUT2D eigenvalue weighted by Gasteiger charge is -2.07. The quantitative estimate of drug-likeness (QED) is 0.211. The minimum Gasteiger partial charge on any atom is -0.462 e. The predicted octanol–water partition coefficient (Wildman–Crippen LogP) is 2.98. The zero-order chi connectivity index (χ0) is 12.8. The van der Waals surface area contributed by atoms with Crippen LogP contribution in [0, 0.1) is 3.57 Å². The van der Waals surface area contributed by atoms with Gasteiger partial charge in [-0.05, 0) is 48.6 Å². The molecule has 0 aliphatic carbocycles. The number of ether oxygens (including phenoxy) is 1. The summed E-state index contributed by atoms with van der Waals surface area (Å²) >= 11 is 2.07. The second kappa shape index (κ2) is 6.54. The van der Waals surface area contributed by atoms with E-state index >= 15 is 0 Å². The molecule has 0 aliphatic heterocycles. The maximum absolute atomic E-state index is 12.1. The minimum absolute atomic E-state index is 0.0796. The smallest absolute Gasteiger partial charge is 0.341 e. The van der Waals surface area contributed by atoms with Crippen LogP contribution in [0.3, 0.4) is 0 Å². The van der Waals surface area contributed by atoms with E-state index in [2.05, 4.69) is 22.6 Å². The first-order valence-electron chi connectivity index (χ1n) is 5.24. The third-order valence-corrected chi connectivity index (χ3v) is 3.09. The van der Waals surface area contributed by atoms with E-state index in [1.54, 1.807) is 26.0 Å². The number of carbonyl (C=O) groups excluding carboxylic acids is 2. The number of rotatable bonds is 4. The topological polar surface area (TPSA) is 43.4 Å². The molecular formula is C13H13IO3. The van der Waals surface area contributed by atoms with Crippen molar-refractivity contribution in [2.45, 2.75) is 13.8 Å². The number of halogens is 1. The van der Waals surface area contributed by atoms with E-state index in [1.165, 1.54) is 6.08 Å². The van der Waals surface area contributed by atoms with Crippen molar-refractivity contribution in [2.75, 3.05) is 6.61 Å². The maximum Gasteiger partial charge on any atom is 0.341 e. The summed E-state index contributed by atoms with van der Waals surface area (Å²) < 4.78 is 5.67. The first kappa shape index (κ1) is 13.9. The number of hydrogen-bond acceptors (Lipinski definition) is 3. The molecule has 0 N–H and O–H groups in total. The molecule has 0 saturated carbocycles. The fraction of sp³-hybridized carbons (Fsp3) is 0.231. The van der Waals surface area contributed by atoms with E-state index in [-0.39, 0.29) is 18.0 Å². The first-order chi connectivity index (χ1) is 8.11. The summed E-state index contributed by atoms with van der Waals surface area (Å²) in [5.41, 5.74) is 0.602. The van der Waals surface area contributed by atoms with Crippen molar-refractivity contribution in [1.29, 1.82) is 0 Å². The molecule has 0 saturated heterocycles. The van der Waals surface area contributed by atoms with Gasteiger partial charge in [-0.3, -0.25) is 4.79 Å². The molecule has 0 aliphatic rings. The standard InChI is InChI=1S/C13H13IO3/c1-3-9(13(16)17-4-2)12(15)10-7-5-6-8-11(10)14/h3,5-8H,4H2,1-2H3. The Morgan fingerprint density at radius 3 is 2.53 bits per heavy atom. The number of Topliss-reactive ketones (excluding diaryl/α,β-unsaturated/α-hetero) is 1. The highest BCUT2D eigenvalue weighted by atomic mass is 127. The molecule has 0 bridgehead atoms. The van der Waals surface area contributed by atoms with Gasteiger partial charge in [0, 0.05) is 9.13 Å². The number of ketones is 1. The molecule has 1 aromatic rings. The van der Waals surface area contributed by atoms with Crippen molar-refractivity contribution in [1.82, 2.24) is 0 Å². The maximum atomic E-state index is 12.1. The van der Waals surface area contributed by atoms with Gasteiger partial charge in [-0.1, -0.05) is 18.2 Å². The zero-order valence-electron chi connectivity index (χ0n) is 9.70. The molecular weight excluding hydrogens is 331 g/mol. The van der Waals surface area contributed by atoms with Crippen molar-refractivity contribution >= 4 is 34.3 Å². The third-order valence-electron chi connectivity index (χ3n) is 2.15. The van der Waals surface area contributed by atoms with Gasteiger partial charge in [0.25, 0.3) is 0 Å². The van der Waals surface area contributed by atoms with Gasteiger partial charge < -0.3 is 4.74 Å². The fourth-order valence-electron chi connectivity index (χ4n) is 1.34. The molecule has 0 aromatic heterocycles. The number of carbonyl (C=O) groups is 2. The summed E-state index contributed by atoms with van der Waals surface area (Å²) in [7, 11) is 0. The molecule has 0 amide bonds. The molecule has 90 valence electrons. The SMILES string of the molecule is CC=C(C(=O)OCC)C(=O)c1ccccc1I. The highest BCUT2D eigenvalue weighted by Gasteiger charge is 2.21. The van der Waals surface area contributed by atoms with Gasteiger partial charge in [0.1, 0.15) is 5.57 Å². The Bertz CT molecular complexity index is 463. The number of esters is 1. The van der Waals surface area contributed by atoms with Crippen LogP contribution >= 0.6 is 22.6 Å². The molecule has 0 heterocycles. The van der Waals surface area contributed by atoms with Gasteiger partial charge >= 0.3 is 5.97 Å². The van der Waals surface area contributed by atoms with Gasteiger partial charge in [-0.15, -0.1) is 0 Å². The van der Waals surface area contributed by atoms with E-state index < -0.39 is 5.97 Å². The van der Waals surface area contributed by atoms with Gasteiger partial charge in [-0.2, -0.15) is 0 Å². The normalized spacial score (nSPS) is 11.1. The van der Waals surface area contributed by atoms with Crippen LogP contribution in [0.2, 0.25) is 0 Å². The Labute approximate surface area is 114 Å². The van der Waals surface area contributed by atoms with Crippen molar-refractivity contribution < 1.29 is 14.3 Å². The number of allylic oxidation sites excluding steroid dienone is 1. The largest absolute Gasteiger partial charge is 0.462 e. The summed E-state index contributed by atoms with van der Waals surface area (Å²) in [6.07, 6.45) is 1.49. The highest BCUT2D eigenvalue weighted by molar-refractivity contribution is 14.1. The van der Waals surface area contributed by atoms with Crippen molar-refractivity contribution in [2.24, 2.45) is 0 Å². The van der Waals surface area contributed by atoms with Crippen LogP contribution in [0.25, 0.3) is 0 Å². The average Bonchev–Trinajstić information content (AvgIpc) is 2.30. The van der Waals surface area contributed by atoms with E-state index in [0.29, 0.717) is 5.56 Å². The monoisotopic (exact) mass is 344 g/mol. The molecule has 0 atom stereocenters. The molecule has 0 spiro atoms. The molecule has 1 aromatic carbocycles. The predicted molar refractivity (Wildman–Crippen MR) is 73.9 cm³/mol. The second-order valence-corrected chi connectivity index (χ2v) is 4.39. The summed E-state index contributed by atoms with van der Waals surface area (Å²) in [6.45, 7) is 3.62. The lowest BCUT2D eigenvalue weighted by molar-refractivity contribution is -0.138. The van der Waals surface area contributed by atoms with E-state index in [0.717, 1.165) is 3.57 Å². The average molecular weight is 344 g/mol. The number of benzene rings is 1. The summed E-state index contributed by atoms with van der Waals surface area (Å²) in [5.74, 6) is -0.865. The highest BCUT2D eigenvalue weighted by Crippen LogP contribution is 2.16. The van der Waals surface area contributed by atoms with Crippen molar-refractivity contribution in [3.63, 3.8) is 0 Å². The van der Waals surface area contributed by atoms with E-state index in [1.807, 2.05) is 12.1 Å². The molecule has 0 radical (unpaired) electrons. The van der Waals surface area contributed by atoms with Gasteiger partial charge in [0.15, 0.2) is 0 Å². The summed E-state index contributed by atoms with van der Waals surface area (Å²) in [5, 5.41) is 0. The van der Waals surface area contributed by atoms with Crippen LogP contribution in [0.1, 0.15) is 24.2 Å². The number of hydrogen-bond donors (Lipinski definition) is 0. The first-order valence-corrected chi connectivity index (χ1v) is 6.32. The van der Waals surface area contributed by atoms with Crippen LogP contribution in [-0.4, -0.2) is 18.4 Å². The Balaban J connectivity index is 3.04. The zero-order valence-corrected chi connectivity index (χ0v) is 11.9. The summed E-state index contributed by atoms with van der Waals surface area (Å²) in [4.78, 5) is 23.7. The molecule has 1 rings (SSSR count). The van der Waals surface area contributed by atoms with Crippen molar-refractivity contribution in [3.8, 4) is 0 Å². The second-order valence-electron chi connectivity index (χ2n) is 3.23. The van der Waals surface area contributed by atoms with Gasteiger partial charge in [-0.25, -0.2) is 4.79 Å². The van der Waals surface area contributed by atoms with E-state index in [9.17, 15) is 9.59 Å². The van der Waals surface area contributed by atoms with Gasteiger partial charge in [0.05, 0.1) is 6.61 Å². The molecule has 4 heteroatoms. The molecule has 0 unspecified atom stereocenters. The summed E-state index contributed by atoms with van der Waals surface area (Å²) in [6, 6.07) is 7.14.